The van der Waals surface area contributed by atoms with E-state index in [-0.39, 0.29) is 17.9 Å². The predicted octanol–water partition coefficient (Wildman–Crippen LogP) is 1.69. The molecule has 0 bridgehead atoms. The highest BCUT2D eigenvalue weighted by molar-refractivity contribution is 6.00. The molecular formula is C14H24N2O2. The van der Waals surface area contributed by atoms with Crippen molar-refractivity contribution < 1.29 is 9.59 Å². The number of carbonyl (C=O) groups is 2. The van der Waals surface area contributed by atoms with Crippen LogP contribution in [0.4, 0.5) is 0 Å². The van der Waals surface area contributed by atoms with Crippen molar-refractivity contribution in [1.82, 2.24) is 10.2 Å². The number of rotatable bonds is 5. The van der Waals surface area contributed by atoms with E-state index in [9.17, 15) is 9.59 Å². The molecule has 0 aromatic carbocycles. The second-order valence-corrected chi connectivity index (χ2v) is 5.56. The molecule has 0 spiro atoms. The summed E-state index contributed by atoms with van der Waals surface area (Å²) in [6.07, 6.45) is 4.41. The van der Waals surface area contributed by atoms with Gasteiger partial charge in [0.2, 0.25) is 11.8 Å². The van der Waals surface area contributed by atoms with E-state index in [0.29, 0.717) is 25.3 Å². The van der Waals surface area contributed by atoms with Crippen molar-refractivity contribution in [3.63, 3.8) is 0 Å². The summed E-state index contributed by atoms with van der Waals surface area (Å²) in [7, 11) is 0. The van der Waals surface area contributed by atoms with Crippen LogP contribution < -0.4 is 5.32 Å². The third kappa shape index (κ3) is 2.02. The number of nitrogens with one attached hydrogen (secondary N) is 1. The third-order valence-corrected chi connectivity index (χ3v) is 4.38. The van der Waals surface area contributed by atoms with E-state index in [1.165, 1.54) is 0 Å². The van der Waals surface area contributed by atoms with Gasteiger partial charge >= 0.3 is 0 Å². The summed E-state index contributed by atoms with van der Waals surface area (Å²) in [5.74, 6) is 0.590. The lowest BCUT2D eigenvalue weighted by Gasteiger charge is -2.45. The zero-order valence-corrected chi connectivity index (χ0v) is 11.7. The summed E-state index contributed by atoms with van der Waals surface area (Å²) in [6, 6.07) is -0.205. The molecule has 1 heterocycles. The lowest BCUT2D eigenvalue weighted by atomic mass is 9.86. The largest absolute Gasteiger partial charge is 0.340 e. The van der Waals surface area contributed by atoms with E-state index in [1.54, 1.807) is 0 Å². The quantitative estimate of drug-likeness (QED) is 0.809. The summed E-state index contributed by atoms with van der Waals surface area (Å²) in [5, 5.41) is 3.01. The molecule has 4 heteroatoms. The normalized spacial score (nSPS) is 27.3. The Morgan fingerprint density at radius 2 is 1.83 bits per heavy atom. The van der Waals surface area contributed by atoms with Crippen molar-refractivity contribution in [2.75, 3.05) is 6.54 Å². The first-order chi connectivity index (χ1) is 8.59. The highest BCUT2D eigenvalue weighted by Crippen LogP contribution is 2.39. The maximum atomic E-state index is 12.7. The number of hydrogen-bond donors (Lipinski definition) is 1. The highest BCUT2D eigenvalue weighted by atomic mass is 16.2. The zero-order valence-electron chi connectivity index (χ0n) is 11.7. The van der Waals surface area contributed by atoms with Gasteiger partial charge in [-0.15, -0.1) is 0 Å². The Morgan fingerprint density at radius 1 is 1.22 bits per heavy atom. The minimum Gasteiger partial charge on any atom is -0.340 e. The van der Waals surface area contributed by atoms with E-state index in [0.717, 1.165) is 19.3 Å². The number of hydrogen-bond acceptors (Lipinski definition) is 2. The van der Waals surface area contributed by atoms with Gasteiger partial charge in [-0.25, -0.2) is 0 Å². The Kier molecular flexibility index (Phi) is 3.64. The van der Waals surface area contributed by atoms with E-state index >= 15 is 0 Å². The van der Waals surface area contributed by atoms with Gasteiger partial charge in [-0.2, -0.15) is 0 Å². The molecule has 1 aliphatic carbocycles. The maximum Gasteiger partial charge on any atom is 0.248 e. The molecule has 102 valence electrons. The highest BCUT2D eigenvalue weighted by Gasteiger charge is 2.52. The standard InChI is InChI=1S/C14H24N2O2/c1-4-9-16-11(10-7-8-10)12(17)15-14(5-2,6-3)13(16)18/h10-11H,4-9H2,1-3H3,(H,15,17). The molecule has 2 amide bonds. The zero-order chi connectivity index (χ0) is 13.3. The number of piperazine rings is 1. The molecular weight excluding hydrogens is 228 g/mol. The van der Waals surface area contributed by atoms with Crippen molar-refractivity contribution in [2.45, 2.75) is 64.5 Å². The van der Waals surface area contributed by atoms with Crippen LogP contribution >= 0.6 is 0 Å². The lowest BCUT2D eigenvalue weighted by Crippen LogP contribution is -2.70. The van der Waals surface area contributed by atoms with E-state index < -0.39 is 5.54 Å². The molecule has 4 nitrogen and oxygen atoms in total. The van der Waals surface area contributed by atoms with Gasteiger partial charge < -0.3 is 10.2 Å². The molecule has 1 unspecified atom stereocenters. The molecule has 18 heavy (non-hydrogen) atoms. The molecule has 0 aromatic heterocycles. The van der Waals surface area contributed by atoms with E-state index in [4.69, 9.17) is 0 Å². The van der Waals surface area contributed by atoms with Gasteiger partial charge in [-0.05, 0) is 38.0 Å². The SMILES string of the molecule is CCCN1C(=O)C(CC)(CC)NC(=O)C1C1CC1. The summed E-state index contributed by atoms with van der Waals surface area (Å²) in [5.41, 5.74) is -0.655. The molecule has 2 aliphatic rings. The average Bonchev–Trinajstić information content (AvgIpc) is 3.18. The molecule has 0 aromatic rings. The van der Waals surface area contributed by atoms with Crippen molar-refractivity contribution >= 4 is 11.8 Å². The lowest BCUT2D eigenvalue weighted by molar-refractivity contribution is -0.156. The Balaban J connectivity index is 2.28. The van der Waals surface area contributed by atoms with Crippen LogP contribution in [-0.4, -0.2) is 34.8 Å². The van der Waals surface area contributed by atoms with Gasteiger partial charge in [0.25, 0.3) is 0 Å². The van der Waals surface area contributed by atoms with E-state index in [1.807, 2.05) is 18.7 Å². The topological polar surface area (TPSA) is 49.4 Å². The second kappa shape index (κ2) is 4.90. The van der Waals surface area contributed by atoms with Gasteiger partial charge in [0.15, 0.2) is 0 Å². The van der Waals surface area contributed by atoms with Crippen molar-refractivity contribution in [2.24, 2.45) is 5.92 Å². The molecule has 1 N–H and O–H groups in total. The summed E-state index contributed by atoms with van der Waals surface area (Å²) in [6.45, 7) is 6.71. The Labute approximate surface area is 109 Å². The van der Waals surface area contributed by atoms with Crippen molar-refractivity contribution in [3.8, 4) is 0 Å². The van der Waals surface area contributed by atoms with Crippen LogP contribution in [0.3, 0.4) is 0 Å². The van der Waals surface area contributed by atoms with Crippen LogP contribution in [0, 0.1) is 5.92 Å². The van der Waals surface area contributed by atoms with Gasteiger partial charge in [-0.3, -0.25) is 9.59 Å². The van der Waals surface area contributed by atoms with Crippen LogP contribution in [0.15, 0.2) is 0 Å². The van der Waals surface area contributed by atoms with Crippen molar-refractivity contribution in [1.29, 1.82) is 0 Å². The first kappa shape index (κ1) is 13.4. The molecule has 1 atom stereocenters. The van der Waals surface area contributed by atoms with Crippen LogP contribution in [0.5, 0.6) is 0 Å². The Bertz CT molecular complexity index is 346. The fourth-order valence-corrected chi connectivity index (χ4v) is 3.00. The Hall–Kier alpha value is -1.06. The van der Waals surface area contributed by atoms with Crippen LogP contribution in [-0.2, 0) is 9.59 Å². The average molecular weight is 252 g/mol. The van der Waals surface area contributed by atoms with Gasteiger partial charge in [0.05, 0.1) is 0 Å². The van der Waals surface area contributed by atoms with Crippen LogP contribution in [0.2, 0.25) is 0 Å². The minimum absolute atomic E-state index is 0.0641. The minimum atomic E-state index is -0.655. The smallest absolute Gasteiger partial charge is 0.248 e. The second-order valence-electron chi connectivity index (χ2n) is 5.56. The molecule has 1 saturated heterocycles. The third-order valence-electron chi connectivity index (χ3n) is 4.38. The molecule has 1 saturated carbocycles. The maximum absolute atomic E-state index is 12.7. The van der Waals surface area contributed by atoms with Gasteiger partial charge in [-0.1, -0.05) is 20.8 Å². The molecule has 1 aliphatic heterocycles. The summed E-state index contributed by atoms with van der Waals surface area (Å²) < 4.78 is 0. The van der Waals surface area contributed by atoms with E-state index in [2.05, 4.69) is 12.2 Å². The molecule has 2 fully saturated rings. The Morgan fingerprint density at radius 3 is 2.28 bits per heavy atom. The predicted molar refractivity (Wildman–Crippen MR) is 70.0 cm³/mol. The fraction of sp³-hybridized carbons (Fsp3) is 0.857. The van der Waals surface area contributed by atoms with Crippen molar-refractivity contribution in [3.05, 3.63) is 0 Å². The van der Waals surface area contributed by atoms with Crippen LogP contribution in [0.25, 0.3) is 0 Å². The monoisotopic (exact) mass is 252 g/mol. The summed E-state index contributed by atoms with van der Waals surface area (Å²) >= 11 is 0. The summed E-state index contributed by atoms with van der Waals surface area (Å²) in [4.78, 5) is 26.9. The number of carbonyl (C=O) groups excluding carboxylic acids is 2. The first-order valence-electron chi connectivity index (χ1n) is 7.22. The fourth-order valence-electron chi connectivity index (χ4n) is 3.00. The van der Waals surface area contributed by atoms with Gasteiger partial charge in [0.1, 0.15) is 11.6 Å². The van der Waals surface area contributed by atoms with Crippen LogP contribution in [0.1, 0.15) is 52.9 Å². The molecule has 0 radical (unpaired) electrons. The number of nitrogens with zero attached hydrogens (tertiary/aromatic N) is 1. The first-order valence-corrected chi connectivity index (χ1v) is 7.22. The van der Waals surface area contributed by atoms with Gasteiger partial charge in [0, 0.05) is 6.54 Å². The number of amides is 2. The molecule has 2 rings (SSSR count).